The highest BCUT2D eigenvalue weighted by molar-refractivity contribution is 5.71. The van der Waals surface area contributed by atoms with Crippen LogP contribution in [0.25, 0.3) is 0 Å². The highest BCUT2D eigenvalue weighted by Gasteiger charge is 2.08. The zero-order valence-corrected chi connectivity index (χ0v) is 8.47. The lowest BCUT2D eigenvalue weighted by Gasteiger charge is -2.18. The molecule has 1 aliphatic rings. The fourth-order valence-electron chi connectivity index (χ4n) is 1.28. The van der Waals surface area contributed by atoms with E-state index in [0.717, 1.165) is 11.3 Å². The summed E-state index contributed by atoms with van der Waals surface area (Å²) < 4.78 is 5.63. The number of nitrogen functional groups attached to an aromatic ring is 1. The molecule has 2 rings (SSSR count). The Morgan fingerprint density at radius 1 is 1.47 bits per heavy atom. The van der Waals surface area contributed by atoms with Gasteiger partial charge in [0, 0.05) is 24.2 Å². The number of aliphatic imine (C=N–C) groups is 1. The Balaban J connectivity index is 2.13. The molecule has 0 saturated heterocycles. The van der Waals surface area contributed by atoms with E-state index in [4.69, 9.17) is 10.5 Å². The van der Waals surface area contributed by atoms with Crippen molar-refractivity contribution < 1.29 is 4.74 Å². The molecule has 1 aromatic rings. The molecule has 1 aromatic carbocycles. The molecule has 3 N–H and O–H groups in total. The average Bonchev–Trinajstić information content (AvgIpc) is 2.25. The Kier molecular flexibility index (Phi) is 2.58. The lowest BCUT2D eigenvalue weighted by atomic mass is 10.2. The molecule has 15 heavy (non-hydrogen) atoms. The fraction of sp³-hybridized carbons (Fsp3) is 0.182. The van der Waals surface area contributed by atoms with Crippen LogP contribution in [0.15, 0.2) is 35.5 Å². The minimum Gasteiger partial charge on any atom is -0.450 e. The molecule has 78 valence electrons. The molecule has 0 saturated carbocycles. The van der Waals surface area contributed by atoms with Gasteiger partial charge in [-0.25, -0.2) is 4.99 Å². The second-order valence-corrected chi connectivity index (χ2v) is 3.32. The van der Waals surface area contributed by atoms with Crippen molar-refractivity contribution in [1.82, 2.24) is 5.32 Å². The van der Waals surface area contributed by atoms with Gasteiger partial charge < -0.3 is 15.8 Å². The van der Waals surface area contributed by atoms with Gasteiger partial charge in [-0.15, -0.1) is 0 Å². The lowest BCUT2D eigenvalue weighted by Crippen LogP contribution is -2.30. The van der Waals surface area contributed by atoms with Crippen molar-refractivity contribution >= 4 is 11.9 Å². The number of nitrogens with two attached hydrogens (primary N) is 1. The van der Waals surface area contributed by atoms with Crippen LogP contribution in [0.1, 0.15) is 5.56 Å². The maximum absolute atomic E-state index is 5.68. The molecule has 0 radical (unpaired) electrons. The van der Waals surface area contributed by atoms with Crippen LogP contribution in [0, 0.1) is 6.92 Å². The molecule has 4 nitrogen and oxygen atoms in total. The summed E-state index contributed by atoms with van der Waals surface area (Å²) in [5, 5.41) is 2.97. The van der Waals surface area contributed by atoms with Crippen LogP contribution in [0.5, 0.6) is 5.75 Å². The zero-order chi connectivity index (χ0) is 10.7. The van der Waals surface area contributed by atoms with Gasteiger partial charge in [0.1, 0.15) is 5.75 Å². The number of rotatable bonds is 2. The van der Waals surface area contributed by atoms with E-state index in [9.17, 15) is 0 Å². The smallest absolute Gasteiger partial charge is 0.267 e. The zero-order valence-electron chi connectivity index (χ0n) is 8.47. The summed E-state index contributed by atoms with van der Waals surface area (Å²) in [6.07, 6.45) is 4.93. The summed E-state index contributed by atoms with van der Waals surface area (Å²) in [5.41, 5.74) is 7.40. The van der Waals surface area contributed by atoms with E-state index in [-0.39, 0.29) is 6.35 Å². The molecule has 0 aromatic heterocycles. The Morgan fingerprint density at radius 2 is 2.33 bits per heavy atom. The maximum atomic E-state index is 5.68. The van der Waals surface area contributed by atoms with E-state index in [2.05, 4.69) is 10.3 Å². The van der Waals surface area contributed by atoms with E-state index in [1.54, 1.807) is 18.5 Å². The predicted octanol–water partition coefficient (Wildman–Crippen LogP) is 1.43. The molecule has 4 heteroatoms. The topological polar surface area (TPSA) is 59.6 Å². The molecule has 1 unspecified atom stereocenters. The van der Waals surface area contributed by atoms with Crippen molar-refractivity contribution in [3.63, 3.8) is 0 Å². The standard InChI is InChI=1S/C11H13N3O/c1-8-3-4-9(12)7-10(8)15-11-13-5-2-6-14-11/h2-7,11,13H,12H2,1H3. The molecular weight excluding hydrogens is 190 g/mol. The van der Waals surface area contributed by atoms with Gasteiger partial charge >= 0.3 is 0 Å². The SMILES string of the molecule is Cc1ccc(N)cc1OC1N=CC=CN1. The number of hydrogen-bond acceptors (Lipinski definition) is 4. The molecule has 0 fully saturated rings. The van der Waals surface area contributed by atoms with E-state index < -0.39 is 0 Å². The monoisotopic (exact) mass is 203 g/mol. The number of ether oxygens (including phenoxy) is 1. The van der Waals surface area contributed by atoms with Gasteiger partial charge in [-0.1, -0.05) is 6.07 Å². The minimum absolute atomic E-state index is 0.365. The Bertz CT molecular complexity index is 412. The Labute approximate surface area is 88.5 Å². The first-order chi connectivity index (χ1) is 7.25. The molecule has 1 aliphatic heterocycles. The van der Waals surface area contributed by atoms with E-state index in [0.29, 0.717) is 5.69 Å². The van der Waals surface area contributed by atoms with Crippen LogP contribution in [0.4, 0.5) is 5.69 Å². The van der Waals surface area contributed by atoms with Gasteiger partial charge in [0.15, 0.2) is 0 Å². The molecular formula is C11H13N3O. The fourth-order valence-corrected chi connectivity index (χ4v) is 1.28. The van der Waals surface area contributed by atoms with E-state index in [1.165, 1.54) is 0 Å². The van der Waals surface area contributed by atoms with Gasteiger partial charge in [0.25, 0.3) is 6.35 Å². The molecule has 0 bridgehead atoms. The summed E-state index contributed by atoms with van der Waals surface area (Å²) in [6.45, 7) is 1.97. The van der Waals surface area contributed by atoms with Crippen LogP contribution < -0.4 is 15.8 Å². The van der Waals surface area contributed by atoms with Crippen LogP contribution in [-0.4, -0.2) is 12.6 Å². The Hall–Kier alpha value is -1.97. The third-order valence-electron chi connectivity index (χ3n) is 2.09. The van der Waals surface area contributed by atoms with Crippen LogP contribution in [0.3, 0.4) is 0 Å². The summed E-state index contributed by atoms with van der Waals surface area (Å²) >= 11 is 0. The summed E-state index contributed by atoms with van der Waals surface area (Å²) in [4.78, 5) is 4.11. The highest BCUT2D eigenvalue weighted by atomic mass is 16.5. The number of hydrogen-bond donors (Lipinski definition) is 2. The quantitative estimate of drug-likeness (QED) is 0.715. The maximum Gasteiger partial charge on any atom is 0.267 e. The first kappa shape index (κ1) is 9.58. The molecule has 0 amide bonds. The van der Waals surface area contributed by atoms with Crippen molar-refractivity contribution in [2.75, 3.05) is 5.73 Å². The van der Waals surface area contributed by atoms with Gasteiger partial charge in [-0.3, -0.25) is 0 Å². The van der Waals surface area contributed by atoms with Gasteiger partial charge in [-0.2, -0.15) is 0 Å². The van der Waals surface area contributed by atoms with Crippen molar-refractivity contribution in [3.05, 3.63) is 36.0 Å². The highest BCUT2D eigenvalue weighted by Crippen LogP contribution is 2.21. The summed E-state index contributed by atoms with van der Waals surface area (Å²) in [6, 6.07) is 5.57. The van der Waals surface area contributed by atoms with Gasteiger partial charge in [0.2, 0.25) is 0 Å². The number of nitrogens with one attached hydrogen (secondary N) is 1. The van der Waals surface area contributed by atoms with Gasteiger partial charge in [0.05, 0.1) is 0 Å². The molecule has 1 heterocycles. The third-order valence-corrected chi connectivity index (χ3v) is 2.09. The largest absolute Gasteiger partial charge is 0.450 e. The van der Waals surface area contributed by atoms with E-state index >= 15 is 0 Å². The second kappa shape index (κ2) is 4.04. The number of allylic oxidation sites excluding steroid dienone is 1. The molecule has 1 atom stereocenters. The number of nitrogens with zero attached hydrogens (tertiary/aromatic N) is 1. The van der Waals surface area contributed by atoms with Gasteiger partial charge in [-0.05, 0) is 24.6 Å². The first-order valence-electron chi connectivity index (χ1n) is 4.73. The van der Waals surface area contributed by atoms with Crippen molar-refractivity contribution in [1.29, 1.82) is 0 Å². The summed E-state index contributed by atoms with van der Waals surface area (Å²) in [7, 11) is 0. The number of anilines is 1. The third kappa shape index (κ3) is 2.28. The average molecular weight is 203 g/mol. The van der Waals surface area contributed by atoms with Crippen LogP contribution in [0.2, 0.25) is 0 Å². The minimum atomic E-state index is -0.365. The second-order valence-electron chi connectivity index (χ2n) is 3.32. The van der Waals surface area contributed by atoms with Crippen LogP contribution >= 0.6 is 0 Å². The van der Waals surface area contributed by atoms with Crippen LogP contribution in [-0.2, 0) is 0 Å². The Morgan fingerprint density at radius 3 is 3.07 bits per heavy atom. The molecule has 0 spiro atoms. The normalized spacial score (nSPS) is 18.6. The first-order valence-corrected chi connectivity index (χ1v) is 4.73. The predicted molar refractivity (Wildman–Crippen MR) is 60.8 cm³/mol. The molecule has 0 aliphatic carbocycles. The van der Waals surface area contributed by atoms with Crippen molar-refractivity contribution in [3.8, 4) is 5.75 Å². The van der Waals surface area contributed by atoms with Crippen molar-refractivity contribution in [2.24, 2.45) is 4.99 Å². The number of benzene rings is 1. The number of aryl methyl sites for hydroxylation is 1. The lowest BCUT2D eigenvalue weighted by molar-refractivity contribution is 0.188. The van der Waals surface area contributed by atoms with Crippen molar-refractivity contribution in [2.45, 2.75) is 13.3 Å². The van der Waals surface area contributed by atoms with E-state index in [1.807, 2.05) is 25.1 Å². The summed E-state index contributed by atoms with van der Waals surface area (Å²) in [5.74, 6) is 0.750.